The molecular weight excluding hydrogens is 432 g/mol. The highest BCUT2D eigenvalue weighted by Crippen LogP contribution is 2.19. The van der Waals surface area contributed by atoms with E-state index < -0.39 is 35.9 Å². The molecule has 0 unspecified atom stereocenters. The van der Waals surface area contributed by atoms with Gasteiger partial charge in [0.15, 0.2) is 0 Å². The number of para-hydroxylation sites is 1. The fraction of sp³-hybridized carbons (Fsp3) is 0.346. The normalized spacial score (nSPS) is 13.8. The topological polar surface area (TPSA) is 126 Å². The molecule has 0 aliphatic rings. The summed E-state index contributed by atoms with van der Waals surface area (Å²) in [6.45, 7) is 3.62. The maximum Gasteiger partial charge on any atom is 0.328 e. The van der Waals surface area contributed by atoms with Gasteiger partial charge in [0.05, 0.1) is 13.2 Å². The molecule has 34 heavy (non-hydrogen) atoms. The predicted molar refractivity (Wildman–Crippen MR) is 131 cm³/mol. The largest absolute Gasteiger partial charge is 0.467 e. The van der Waals surface area contributed by atoms with E-state index in [2.05, 4.69) is 15.6 Å². The summed E-state index contributed by atoms with van der Waals surface area (Å²) in [5.41, 5.74) is 8.88. The number of nitrogens with two attached hydrogens (primary N) is 1. The average molecular weight is 465 g/mol. The number of nitrogens with one attached hydrogen (secondary N) is 3. The van der Waals surface area contributed by atoms with Crippen molar-refractivity contribution in [1.82, 2.24) is 15.6 Å². The number of amides is 2. The number of aromatic nitrogens is 1. The van der Waals surface area contributed by atoms with Gasteiger partial charge in [0.1, 0.15) is 12.1 Å². The number of carbonyl (C=O) groups is 3. The third-order valence-corrected chi connectivity index (χ3v) is 5.79. The second-order valence-corrected chi connectivity index (χ2v) is 8.67. The molecule has 2 amide bonds. The summed E-state index contributed by atoms with van der Waals surface area (Å²) >= 11 is 0. The molecule has 0 aliphatic heterocycles. The maximum atomic E-state index is 13.3. The Hall–Kier alpha value is -3.65. The van der Waals surface area contributed by atoms with E-state index in [1.807, 2.05) is 74.6 Å². The van der Waals surface area contributed by atoms with Gasteiger partial charge in [0.25, 0.3) is 0 Å². The van der Waals surface area contributed by atoms with Gasteiger partial charge in [-0.05, 0) is 29.5 Å². The zero-order chi connectivity index (χ0) is 24.7. The van der Waals surface area contributed by atoms with Crippen LogP contribution in [0.2, 0.25) is 0 Å². The highest BCUT2D eigenvalue weighted by molar-refractivity contribution is 5.93. The van der Waals surface area contributed by atoms with Gasteiger partial charge >= 0.3 is 5.97 Å². The van der Waals surface area contributed by atoms with Gasteiger partial charge in [0, 0.05) is 23.5 Å². The van der Waals surface area contributed by atoms with Gasteiger partial charge in [0.2, 0.25) is 11.8 Å². The Morgan fingerprint density at radius 1 is 0.941 bits per heavy atom. The first-order chi connectivity index (χ1) is 16.3. The molecule has 3 rings (SSSR count). The van der Waals surface area contributed by atoms with Crippen LogP contribution >= 0.6 is 0 Å². The van der Waals surface area contributed by atoms with Crippen LogP contribution in [0.1, 0.15) is 25.0 Å². The van der Waals surface area contributed by atoms with Crippen LogP contribution < -0.4 is 16.4 Å². The first-order valence-corrected chi connectivity index (χ1v) is 11.3. The van der Waals surface area contributed by atoms with E-state index in [0.717, 1.165) is 22.0 Å². The Morgan fingerprint density at radius 3 is 2.29 bits per heavy atom. The molecule has 0 aliphatic carbocycles. The first kappa shape index (κ1) is 25.0. The minimum Gasteiger partial charge on any atom is -0.467 e. The van der Waals surface area contributed by atoms with Crippen LogP contribution in [-0.4, -0.2) is 48.0 Å². The van der Waals surface area contributed by atoms with E-state index >= 15 is 0 Å². The number of methoxy groups -OCH3 is 1. The van der Waals surface area contributed by atoms with E-state index in [9.17, 15) is 14.4 Å². The fourth-order valence-electron chi connectivity index (χ4n) is 3.85. The lowest BCUT2D eigenvalue weighted by atomic mass is 10.0. The summed E-state index contributed by atoms with van der Waals surface area (Å²) in [6, 6.07) is 14.6. The number of benzene rings is 2. The Balaban J connectivity index is 1.81. The van der Waals surface area contributed by atoms with Crippen LogP contribution in [0.3, 0.4) is 0 Å². The second kappa shape index (κ2) is 11.5. The average Bonchev–Trinajstić information content (AvgIpc) is 3.24. The van der Waals surface area contributed by atoms with E-state index in [-0.39, 0.29) is 12.3 Å². The van der Waals surface area contributed by atoms with Crippen LogP contribution in [0.4, 0.5) is 0 Å². The second-order valence-electron chi connectivity index (χ2n) is 8.67. The van der Waals surface area contributed by atoms with E-state index in [1.165, 1.54) is 7.11 Å². The van der Waals surface area contributed by atoms with Crippen LogP contribution in [0.5, 0.6) is 0 Å². The Bertz CT molecular complexity index is 1130. The third-order valence-electron chi connectivity index (χ3n) is 5.79. The number of carbonyl (C=O) groups excluding carboxylic acids is 3. The number of ether oxygens (including phenoxy) is 1. The van der Waals surface area contributed by atoms with Gasteiger partial charge in [-0.15, -0.1) is 0 Å². The van der Waals surface area contributed by atoms with Crippen LogP contribution in [0.25, 0.3) is 10.9 Å². The Kier molecular flexibility index (Phi) is 8.43. The minimum atomic E-state index is -0.931. The van der Waals surface area contributed by atoms with Crippen molar-refractivity contribution in [1.29, 1.82) is 0 Å². The van der Waals surface area contributed by atoms with Crippen molar-refractivity contribution in [3.05, 3.63) is 71.9 Å². The summed E-state index contributed by atoms with van der Waals surface area (Å²) in [7, 11) is 1.28. The first-order valence-electron chi connectivity index (χ1n) is 11.3. The van der Waals surface area contributed by atoms with Gasteiger partial charge < -0.3 is 26.1 Å². The van der Waals surface area contributed by atoms with Crippen molar-refractivity contribution in [3.8, 4) is 0 Å². The van der Waals surface area contributed by atoms with Crippen molar-refractivity contribution < 1.29 is 19.1 Å². The molecule has 180 valence electrons. The third kappa shape index (κ3) is 6.23. The van der Waals surface area contributed by atoms with Gasteiger partial charge in [-0.25, -0.2) is 4.79 Å². The molecule has 2 aromatic carbocycles. The maximum absolute atomic E-state index is 13.3. The monoisotopic (exact) mass is 464 g/mol. The van der Waals surface area contributed by atoms with E-state index in [1.54, 1.807) is 0 Å². The fourth-order valence-corrected chi connectivity index (χ4v) is 3.85. The summed E-state index contributed by atoms with van der Waals surface area (Å²) in [5.74, 6) is -1.65. The molecule has 0 saturated heterocycles. The summed E-state index contributed by atoms with van der Waals surface area (Å²) in [6.07, 6.45) is 2.39. The van der Waals surface area contributed by atoms with Crippen LogP contribution in [-0.2, 0) is 32.0 Å². The molecule has 8 nitrogen and oxygen atoms in total. The van der Waals surface area contributed by atoms with Gasteiger partial charge in [-0.2, -0.15) is 0 Å². The lowest BCUT2D eigenvalue weighted by Crippen LogP contribution is -2.56. The summed E-state index contributed by atoms with van der Waals surface area (Å²) in [5, 5.41) is 6.50. The van der Waals surface area contributed by atoms with Crippen LogP contribution in [0.15, 0.2) is 60.8 Å². The van der Waals surface area contributed by atoms with Crippen molar-refractivity contribution in [2.75, 3.05) is 7.11 Å². The number of aromatic amines is 1. The molecule has 0 spiro atoms. The molecule has 0 radical (unpaired) electrons. The molecular formula is C26H32N4O4. The highest BCUT2D eigenvalue weighted by atomic mass is 16.5. The lowest BCUT2D eigenvalue weighted by Gasteiger charge is -2.25. The number of fused-ring (bicyclic) bond motifs is 1. The summed E-state index contributed by atoms with van der Waals surface area (Å²) in [4.78, 5) is 41.6. The zero-order valence-electron chi connectivity index (χ0n) is 19.7. The van der Waals surface area contributed by atoms with Crippen LogP contribution in [0, 0.1) is 5.92 Å². The number of esters is 1. The number of hydrogen-bond donors (Lipinski definition) is 4. The molecule has 3 atom stereocenters. The highest BCUT2D eigenvalue weighted by Gasteiger charge is 2.31. The molecule has 0 bridgehead atoms. The standard InChI is InChI=1S/C26H32N4O4/c1-16(2)23(26(33)34-3)30-25(32)22(14-18-15-28-21-12-8-7-11-19(18)21)29-24(31)20(27)13-17-9-5-4-6-10-17/h4-12,15-16,20,22-23,28H,13-14,27H2,1-3H3,(H,29,31)(H,30,32)/t20-,22-,23+/m0/s1. The van der Waals surface area contributed by atoms with E-state index in [4.69, 9.17) is 10.5 Å². The quantitative estimate of drug-likeness (QED) is 0.342. The number of H-pyrrole nitrogens is 1. The minimum absolute atomic E-state index is 0.193. The number of hydrogen-bond acceptors (Lipinski definition) is 5. The Morgan fingerprint density at radius 2 is 1.62 bits per heavy atom. The molecule has 1 heterocycles. The SMILES string of the molecule is COC(=O)[C@H](NC(=O)[C@H](Cc1c[nH]c2ccccc12)NC(=O)[C@@H](N)Cc1ccccc1)C(C)C. The molecule has 8 heteroatoms. The van der Waals surface area contributed by atoms with Gasteiger partial charge in [-0.3, -0.25) is 9.59 Å². The zero-order valence-corrected chi connectivity index (χ0v) is 19.7. The molecule has 0 fully saturated rings. The molecule has 0 saturated carbocycles. The molecule has 5 N–H and O–H groups in total. The van der Waals surface area contributed by atoms with Crippen molar-refractivity contribution in [2.45, 2.75) is 44.8 Å². The predicted octanol–water partition coefficient (Wildman–Crippen LogP) is 2.08. The lowest BCUT2D eigenvalue weighted by molar-refractivity contribution is -0.146. The molecule has 3 aromatic rings. The van der Waals surface area contributed by atoms with E-state index in [0.29, 0.717) is 6.42 Å². The smallest absolute Gasteiger partial charge is 0.328 e. The van der Waals surface area contributed by atoms with Gasteiger partial charge in [-0.1, -0.05) is 62.4 Å². The van der Waals surface area contributed by atoms with Crippen molar-refractivity contribution >= 4 is 28.7 Å². The Labute approximate surface area is 199 Å². The van der Waals surface area contributed by atoms with Crippen molar-refractivity contribution in [3.63, 3.8) is 0 Å². The van der Waals surface area contributed by atoms with Crippen molar-refractivity contribution in [2.24, 2.45) is 11.7 Å². The molecule has 1 aromatic heterocycles. The number of rotatable bonds is 10. The summed E-state index contributed by atoms with van der Waals surface area (Å²) < 4.78 is 4.84.